The number of alkyl halides is 3. The minimum Gasteiger partial charge on any atom is -0.330 e. The Morgan fingerprint density at radius 3 is 2.54 bits per heavy atom. The molecule has 0 aliphatic rings. The summed E-state index contributed by atoms with van der Waals surface area (Å²) in [7, 11) is 3.18. The Labute approximate surface area is 162 Å². The number of aryl methyl sites for hydroxylation is 2. The maximum Gasteiger partial charge on any atom is 0.449 e. The summed E-state index contributed by atoms with van der Waals surface area (Å²) in [6.07, 6.45) is 0.209. The van der Waals surface area contributed by atoms with E-state index in [2.05, 4.69) is 19.8 Å². The van der Waals surface area contributed by atoms with Gasteiger partial charge in [0, 0.05) is 36.8 Å². The number of anilines is 1. The van der Waals surface area contributed by atoms with Crippen LogP contribution in [0.15, 0.2) is 53.8 Å². The first-order valence-corrected chi connectivity index (χ1v) is 9.05. The summed E-state index contributed by atoms with van der Waals surface area (Å²) in [4.78, 5) is 8.72. The third kappa shape index (κ3) is 3.42. The van der Waals surface area contributed by atoms with Crippen LogP contribution in [0.1, 0.15) is 5.82 Å². The van der Waals surface area contributed by atoms with Crippen molar-refractivity contribution in [3.05, 3.63) is 54.7 Å². The van der Waals surface area contributed by atoms with E-state index < -0.39 is 12.0 Å². The predicted molar refractivity (Wildman–Crippen MR) is 102 cm³/mol. The van der Waals surface area contributed by atoms with E-state index in [1.54, 1.807) is 29.2 Å². The highest BCUT2D eigenvalue weighted by atomic mass is 32.2. The van der Waals surface area contributed by atoms with Gasteiger partial charge < -0.3 is 9.29 Å². The van der Waals surface area contributed by atoms with E-state index >= 15 is 0 Å². The standard InChI is InChI=1S/C18H15F3N6S/c1-26-10-15(24-17(26)18(19,20)21)13-7-6-12(9-22-13)28-25-14-5-3-4-11-8-23-27(2)16(11)14/h3-10,25H,1-2H3. The molecule has 1 N–H and O–H groups in total. The Morgan fingerprint density at radius 2 is 1.86 bits per heavy atom. The molecule has 0 bridgehead atoms. The van der Waals surface area contributed by atoms with Crippen molar-refractivity contribution in [2.24, 2.45) is 14.1 Å². The van der Waals surface area contributed by atoms with Gasteiger partial charge in [-0.15, -0.1) is 0 Å². The molecule has 3 heterocycles. The molecule has 1 aromatic carbocycles. The van der Waals surface area contributed by atoms with Crippen LogP contribution in [-0.4, -0.2) is 24.3 Å². The number of benzene rings is 1. The van der Waals surface area contributed by atoms with Gasteiger partial charge in [-0.1, -0.05) is 12.1 Å². The molecule has 4 aromatic rings. The van der Waals surface area contributed by atoms with E-state index in [1.165, 1.54) is 25.2 Å². The van der Waals surface area contributed by atoms with Gasteiger partial charge in [0.15, 0.2) is 0 Å². The van der Waals surface area contributed by atoms with Crippen molar-refractivity contribution >= 4 is 28.5 Å². The molecule has 0 saturated carbocycles. The molecule has 0 saturated heterocycles. The number of imidazole rings is 1. The summed E-state index contributed by atoms with van der Waals surface area (Å²) < 4.78 is 44.7. The maximum atomic E-state index is 12.9. The first-order valence-electron chi connectivity index (χ1n) is 8.23. The second-order valence-corrected chi connectivity index (χ2v) is 7.03. The fraction of sp³-hybridized carbons (Fsp3) is 0.167. The van der Waals surface area contributed by atoms with Gasteiger partial charge in [0.05, 0.1) is 23.1 Å². The molecular formula is C18H15F3N6S. The van der Waals surface area contributed by atoms with Crippen molar-refractivity contribution in [3.8, 4) is 11.4 Å². The molecule has 0 unspecified atom stereocenters. The van der Waals surface area contributed by atoms with Crippen LogP contribution in [0.2, 0.25) is 0 Å². The van der Waals surface area contributed by atoms with Gasteiger partial charge in [0.2, 0.25) is 5.82 Å². The normalized spacial score (nSPS) is 11.9. The topological polar surface area (TPSA) is 60.6 Å². The van der Waals surface area contributed by atoms with E-state index in [9.17, 15) is 13.2 Å². The van der Waals surface area contributed by atoms with E-state index in [4.69, 9.17) is 0 Å². The predicted octanol–water partition coefficient (Wildman–Crippen LogP) is 4.51. The van der Waals surface area contributed by atoms with Crippen LogP contribution >= 0.6 is 11.9 Å². The molecule has 3 aromatic heterocycles. The highest BCUT2D eigenvalue weighted by molar-refractivity contribution is 8.00. The number of nitrogens with zero attached hydrogens (tertiary/aromatic N) is 5. The van der Waals surface area contributed by atoms with Gasteiger partial charge in [-0.3, -0.25) is 9.67 Å². The number of halogens is 3. The quantitative estimate of drug-likeness (QED) is 0.507. The van der Waals surface area contributed by atoms with E-state index in [1.807, 2.05) is 25.2 Å². The Morgan fingerprint density at radius 1 is 1.04 bits per heavy atom. The van der Waals surface area contributed by atoms with Crippen LogP contribution in [-0.2, 0) is 20.3 Å². The smallest absolute Gasteiger partial charge is 0.330 e. The van der Waals surface area contributed by atoms with Crippen LogP contribution in [0.25, 0.3) is 22.3 Å². The van der Waals surface area contributed by atoms with Crippen molar-refractivity contribution in [2.75, 3.05) is 4.72 Å². The summed E-state index contributed by atoms with van der Waals surface area (Å²) in [5, 5.41) is 5.27. The number of rotatable bonds is 4. The fourth-order valence-corrected chi connectivity index (χ4v) is 3.51. The summed E-state index contributed by atoms with van der Waals surface area (Å²) in [6, 6.07) is 9.30. The second-order valence-electron chi connectivity index (χ2n) is 6.15. The molecule has 0 fully saturated rings. The summed E-state index contributed by atoms with van der Waals surface area (Å²) in [5.74, 6) is -0.950. The Hall–Kier alpha value is -3.01. The van der Waals surface area contributed by atoms with Crippen molar-refractivity contribution in [1.29, 1.82) is 0 Å². The lowest BCUT2D eigenvalue weighted by atomic mass is 10.2. The molecule has 144 valence electrons. The van der Waals surface area contributed by atoms with Gasteiger partial charge in [-0.05, 0) is 30.1 Å². The molecule has 6 nitrogen and oxygen atoms in total. The van der Waals surface area contributed by atoms with Gasteiger partial charge in [-0.2, -0.15) is 18.3 Å². The molecule has 0 spiro atoms. The first kappa shape index (κ1) is 18.4. The van der Waals surface area contributed by atoms with Gasteiger partial charge in [-0.25, -0.2) is 4.98 Å². The van der Waals surface area contributed by atoms with Crippen LogP contribution in [0.5, 0.6) is 0 Å². The zero-order valence-corrected chi connectivity index (χ0v) is 15.7. The van der Waals surface area contributed by atoms with Gasteiger partial charge in [0.25, 0.3) is 0 Å². The zero-order chi connectivity index (χ0) is 19.9. The average Bonchev–Trinajstić information content (AvgIpc) is 3.24. The summed E-state index contributed by atoms with van der Waals surface area (Å²) in [6.45, 7) is 0. The molecule has 0 atom stereocenters. The fourth-order valence-electron chi connectivity index (χ4n) is 2.87. The monoisotopic (exact) mass is 404 g/mol. The number of hydrogen-bond acceptors (Lipinski definition) is 5. The van der Waals surface area contributed by atoms with Gasteiger partial charge in [0.1, 0.15) is 5.69 Å². The van der Waals surface area contributed by atoms with Crippen LogP contribution in [0, 0.1) is 0 Å². The second kappa shape index (κ2) is 6.86. The number of fused-ring (bicyclic) bond motifs is 1. The number of pyridine rings is 1. The molecule has 0 aliphatic heterocycles. The van der Waals surface area contributed by atoms with Crippen molar-refractivity contribution in [2.45, 2.75) is 11.1 Å². The van der Waals surface area contributed by atoms with Gasteiger partial charge >= 0.3 is 6.18 Å². The van der Waals surface area contributed by atoms with Crippen LogP contribution in [0.4, 0.5) is 18.9 Å². The van der Waals surface area contributed by atoms with Crippen molar-refractivity contribution in [1.82, 2.24) is 24.3 Å². The highest BCUT2D eigenvalue weighted by Crippen LogP contribution is 2.31. The summed E-state index contributed by atoms with van der Waals surface area (Å²) in [5.41, 5.74) is 2.45. The Kier molecular flexibility index (Phi) is 4.50. The lowest BCUT2D eigenvalue weighted by Gasteiger charge is -2.08. The minimum absolute atomic E-state index is 0.180. The lowest BCUT2D eigenvalue weighted by Crippen LogP contribution is -2.12. The minimum atomic E-state index is -4.50. The lowest BCUT2D eigenvalue weighted by molar-refractivity contribution is -0.146. The molecule has 10 heteroatoms. The number of para-hydroxylation sites is 1. The molecule has 28 heavy (non-hydrogen) atoms. The van der Waals surface area contributed by atoms with E-state index in [0.717, 1.165) is 26.1 Å². The molecule has 0 amide bonds. The van der Waals surface area contributed by atoms with Crippen molar-refractivity contribution in [3.63, 3.8) is 0 Å². The van der Waals surface area contributed by atoms with Crippen molar-refractivity contribution < 1.29 is 13.2 Å². The van der Waals surface area contributed by atoms with E-state index in [-0.39, 0.29) is 5.69 Å². The molecule has 4 rings (SSSR count). The van der Waals surface area contributed by atoms with Crippen LogP contribution < -0.4 is 4.72 Å². The average molecular weight is 404 g/mol. The Balaban J connectivity index is 1.52. The van der Waals surface area contributed by atoms with E-state index in [0.29, 0.717) is 5.69 Å². The largest absolute Gasteiger partial charge is 0.449 e. The first-order chi connectivity index (χ1) is 13.3. The third-order valence-electron chi connectivity index (χ3n) is 4.17. The highest BCUT2D eigenvalue weighted by Gasteiger charge is 2.36. The molecule has 0 aliphatic carbocycles. The maximum absolute atomic E-state index is 12.9. The number of aromatic nitrogens is 5. The number of hydrogen-bond donors (Lipinski definition) is 1. The number of nitrogens with one attached hydrogen (secondary N) is 1. The third-order valence-corrected chi connectivity index (χ3v) is 4.97. The Bertz CT molecular complexity index is 1130. The molecular weight excluding hydrogens is 389 g/mol. The SMILES string of the molecule is Cn1cc(-c2ccc(SNc3cccc4cnn(C)c34)cn2)nc1C(F)(F)F. The van der Waals surface area contributed by atoms with Crippen LogP contribution in [0.3, 0.4) is 0 Å². The summed E-state index contributed by atoms with van der Waals surface area (Å²) >= 11 is 1.36. The molecule has 0 radical (unpaired) electrons. The zero-order valence-electron chi connectivity index (χ0n) is 14.9.